The second-order valence-electron chi connectivity index (χ2n) is 9.20. The molecule has 6 atom stereocenters. The van der Waals surface area contributed by atoms with Gasteiger partial charge in [0.1, 0.15) is 5.75 Å². The number of nitrogens with one attached hydrogen (secondary N) is 1. The molecule has 4 fully saturated rings. The van der Waals surface area contributed by atoms with Gasteiger partial charge in [-0.3, -0.25) is 4.79 Å². The highest BCUT2D eigenvalue weighted by molar-refractivity contribution is 5.85. The molecular weight excluding hydrogens is 326 g/mol. The monoisotopic (exact) mass is 355 g/mol. The first-order valence-electron chi connectivity index (χ1n) is 10.2. The summed E-state index contributed by atoms with van der Waals surface area (Å²) in [6.45, 7) is 0. The SMILES string of the molecule is COc1cccc2c1CCCC2C(=O)NC1C2CC3C[C@@H]1CC(O)(C3)C2. The summed E-state index contributed by atoms with van der Waals surface area (Å²) >= 11 is 0. The van der Waals surface area contributed by atoms with Crippen molar-refractivity contribution in [1.29, 1.82) is 0 Å². The van der Waals surface area contributed by atoms with Crippen molar-refractivity contribution in [3.05, 3.63) is 29.3 Å². The van der Waals surface area contributed by atoms with E-state index in [9.17, 15) is 9.90 Å². The molecule has 5 unspecified atom stereocenters. The van der Waals surface area contributed by atoms with Gasteiger partial charge in [-0.15, -0.1) is 0 Å². The minimum absolute atomic E-state index is 0.0610. The summed E-state index contributed by atoms with van der Waals surface area (Å²) < 4.78 is 5.52. The number of carbonyl (C=O) groups excluding carboxylic acids is 1. The van der Waals surface area contributed by atoms with Crippen molar-refractivity contribution in [2.45, 2.75) is 68.9 Å². The van der Waals surface area contributed by atoms with Gasteiger partial charge in [0.15, 0.2) is 0 Å². The summed E-state index contributed by atoms with van der Waals surface area (Å²) in [4.78, 5) is 13.2. The topological polar surface area (TPSA) is 58.6 Å². The Hall–Kier alpha value is -1.55. The summed E-state index contributed by atoms with van der Waals surface area (Å²) in [6, 6.07) is 6.36. The molecule has 5 aliphatic carbocycles. The number of amides is 1. The van der Waals surface area contributed by atoms with E-state index in [0.717, 1.165) is 49.8 Å². The van der Waals surface area contributed by atoms with Crippen LogP contribution in [-0.4, -0.2) is 29.8 Å². The molecule has 0 spiro atoms. The van der Waals surface area contributed by atoms with E-state index in [4.69, 9.17) is 4.74 Å². The van der Waals surface area contributed by atoms with Crippen LogP contribution in [0, 0.1) is 17.8 Å². The normalized spacial score (nSPS) is 40.2. The first-order chi connectivity index (χ1) is 12.6. The Morgan fingerprint density at radius 1 is 1.23 bits per heavy atom. The van der Waals surface area contributed by atoms with E-state index in [1.54, 1.807) is 7.11 Å². The van der Waals surface area contributed by atoms with Crippen LogP contribution in [0.3, 0.4) is 0 Å². The smallest absolute Gasteiger partial charge is 0.227 e. The van der Waals surface area contributed by atoms with E-state index in [1.807, 2.05) is 12.1 Å². The van der Waals surface area contributed by atoms with Gasteiger partial charge in [0.05, 0.1) is 18.6 Å². The molecule has 0 aromatic heterocycles. The van der Waals surface area contributed by atoms with Crippen molar-refractivity contribution < 1.29 is 14.6 Å². The number of hydrogen-bond acceptors (Lipinski definition) is 3. The van der Waals surface area contributed by atoms with E-state index >= 15 is 0 Å². The lowest BCUT2D eigenvalue weighted by Gasteiger charge is -2.58. The molecule has 2 N–H and O–H groups in total. The zero-order valence-electron chi connectivity index (χ0n) is 15.5. The number of benzene rings is 1. The lowest BCUT2D eigenvalue weighted by atomic mass is 9.52. The zero-order valence-corrected chi connectivity index (χ0v) is 15.5. The maximum atomic E-state index is 13.2. The third-order valence-electron chi connectivity index (χ3n) is 7.55. The molecule has 4 nitrogen and oxygen atoms in total. The van der Waals surface area contributed by atoms with Crippen molar-refractivity contribution in [3.63, 3.8) is 0 Å². The van der Waals surface area contributed by atoms with Crippen molar-refractivity contribution in [2.24, 2.45) is 17.8 Å². The summed E-state index contributed by atoms with van der Waals surface area (Å²) in [6.07, 6.45) is 8.03. The molecule has 1 aromatic carbocycles. The minimum Gasteiger partial charge on any atom is -0.496 e. The van der Waals surface area contributed by atoms with E-state index < -0.39 is 5.60 Å². The third kappa shape index (κ3) is 2.57. The van der Waals surface area contributed by atoms with Crippen LogP contribution in [0.25, 0.3) is 0 Å². The quantitative estimate of drug-likeness (QED) is 0.876. The molecule has 0 radical (unpaired) electrons. The van der Waals surface area contributed by atoms with Crippen molar-refractivity contribution in [1.82, 2.24) is 5.32 Å². The molecule has 0 aliphatic heterocycles. The highest BCUT2D eigenvalue weighted by atomic mass is 16.5. The molecule has 140 valence electrons. The summed E-state index contributed by atoms with van der Waals surface area (Å²) in [7, 11) is 1.71. The average molecular weight is 355 g/mol. The number of hydrogen-bond donors (Lipinski definition) is 2. The highest BCUT2D eigenvalue weighted by Crippen LogP contribution is 2.55. The highest BCUT2D eigenvalue weighted by Gasteiger charge is 2.55. The van der Waals surface area contributed by atoms with Gasteiger partial charge in [0, 0.05) is 6.04 Å². The van der Waals surface area contributed by atoms with Crippen LogP contribution in [-0.2, 0) is 11.2 Å². The van der Waals surface area contributed by atoms with Crippen LogP contribution < -0.4 is 10.1 Å². The van der Waals surface area contributed by atoms with Gasteiger partial charge < -0.3 is 15.2 Å². The average Bonchev–Trinajstić information content (AvgIpc) is 2.62. The summed E-state index contributed by atoms with van der Waals surface area (Å²) in [5, 5.41) is 14.2. The van der Waals surface area contributed by atoms with E-state index in [0.29, 0.717) is 17.8 Å². The lowest BCUT2D eigenvalue weighted by molar-refractivity contribution is -0.147. The molecule has 4 bridgehead atoms. The number of fused-ring (bicyclic) bond motifs is 1. The van der Waals surface area contributed by atoms with Crippen molar-refractivity contribution in [2.75, 3.05) is 7.11 Å². The fourth-order valence-electron chi connectivity index (χ4n) is 6.76. The minimum atomic E-state index is -0.442. The first kappa shape index (κ1) is 16.6. The number of methoxy groups -OCH3 is 1. The molecule has 1 amide bonds. The van der Waals surface area contributed by atoms with Gasteiger partial charge in [0.25, 0.3) is 0 Å². The summed E-state index contributed by atoms with van der Waals surface area (Å²) in [5.41, 5.74) is 1.92. The molecule has 6 rings (SSSR count). The lowest BCUT2D eigenvalue weighted by Crippen LogP contribution is -2.62. The molecule has 5 aliphatic rings. The second kappa shape index (κ2) is 5.98. The van der Waals surface area contributed by atoms with Crippen LogP contribution in [0.5, 0.6) is 5.75 Å². The van der Waals surface area contributed by atoms with Gasteiger partial charge in [-0.05, 0) is 86.3 Å². The first-order valence-corrected chi connectivity index (χ1v) is 10.2. The number of rotatable bonds is 3. The predicted molar refractivity (Wildman–Crippen MR) is 99.1 cm³/mol. The van der Waals surface area contributed by atoms with Crippen molar-refractivity contribution in [3.8, 4) is 5.75 Å². The maximum absolute atomic E-state index is 13.2. The van der Waals surface area contributed by atoms with E-state index in [1.165, 1.54) is 18.4 Å². The maximum Gasteiger partial charge on any atom is 0.227 e. The molecule has 0 heterocycles. The largest absolute Gasteiger partial charge is 0.496 e. The summed E-state index contributed by atoms with van der Waals surface area (Å²) in [5.74, 6) is 2.63. The number of ether oxygens (including phenoxy) is 1. The Morgan fingerprint density at radius 3 is 2.69 bits per heavy atom. The predicted octanol–water partition coefficient (Wildman–Crippen LogP) is 3.17. The fraction of sp³-hybridized carbons (Fsp3) is 0.682. The second-order valence-corrected chi connectivity index (χ2v) is 9.20. The zero-order chi connectivity index (χ0) is 17.9. The van der Waals surface area contributed by atoms with Crippen LogP contribution in [0.15, 0.2) is 18.2 Å². The number of carbonyl (C=O) groups is 1. The Labute approximate surface area is 155 Å². The fourth-order valence-corrected chi connectivity index (χ4v) is 6.76. The van der Waals surface area contributed by atoms with Gasteiger partial charge in [-0.1, -0.05) is 12.1 Å². The Morgan fingerprint density at radius 2 is 2.00 bits per heavy atom. The van der Waals surface area contributed by atoms with Crippen LogP contribution >= 0.6 is 0 Å². The van der Waals surface area contributed by atoms with Gasteiger partial charge in [-0.2, -0.15) is 0 Å². The Kier molecular flexibility index (Phi) is 3.82. The Bertz CT molecular complexity index is 714. The molecular formula is C22H29NO3. The van der Waals surface area contributed by atoms with E-state index in [2.05, 4.69) is 11.4 Å². The molecule has 0 saturated heterocycles. The third-order valence-corrected chi connectivity index (χ3v) is 7.55. The molecule has 4 heteroatoms. The standard InChI is InChI=1S/C22H29NO3/c1-26-19-7-3-4-16-17(19)5-2-6-18(16)21(24)23-20-14-8-13-9-15(20)12-22(25,10-13)11-14/h3-4,7,13-15,18,20,25H,2,5-6,8-12H2,1H3,(H,23,24)/t13?,14-,15?,18?,20?,22?/m1/s1. The molecule has 1 aromatic rings. The van der Waals surface area contributed by atoms with Crippen molar-refractivity contribution >= 4 is 5.91 Å². The van der Waals surface area contributed by atoms with Crippen LogP contribution in [0.4, 0.5) is 0 Å². The Balaban J connectivity index is 1.36. The van der Waals surface area contributed by atoms with Crippen LogP contribution in [0.2, 0.25) is 0 Å². The van der Waals surface area contributed by atoms with E-state index in [-0.39, 0.29) is 17.9 Å². The van der Waals surface area contributed by atoms with Gasteiger partial charge in [0.2, 0.25) is 5.91 Å². The molecule has 26 heavy (non-hydrogen) atoms. The van der Waals surface area contributed by atoms with Gasteiger partial charge in [-0.25, -0.2) is 0 Å². The van der Waals surface area contributed by atoms with Gasteiger partial charge >= 0.3 is 0 Å². The number of aliphatic hydroxyl groups is 1. The van der Waals surface area contributed by atoms with Crippen LogP contribution in [0.1, 0.15) is 62.0 Å². The molecule has 4 saturated carbocycles.